The Kier molecular flexibility index (Phi) is 6.63. The first-order chi connectivity index (χ1) is 12.2. The summed E-state index contributed by atoms with van der Waals surface area (Å²) in [4.78, 5) is 13.7. The molecular weight excluding hydrogens is 352 g/mol. The van der Waals surface area contributed by atoms with Gasteiger partial charge in [0.1, 0.15) is 12.4 Å². The third kappa shape index (κ3) is 6.76. The number of hydrogen-bond donors (Lipinski definition) is 1. The number of aryl methyl sites for hydroxylation is 1. The Morgan fingerprint density at radius 1 is 1.15 bits per heavy atom. The van der Waals surface area contributed by atoms with Gasteiger partial charge in [-0.15, -0.1) is 0 Å². The maximum Gasteiger partial charge on any atom is 0.321 e. The van der Waals surface area contributed by atoms with Crippen molar-refractivity contribution in [3.63, 3.8) is 0 Å². The van der Waals surface area contributed by atoms with Gasteiger partial charge in [-0.25, -0.2) is 13.2 Å². The largest absolute Gasteiger partial charge is 0.492 e. The van der Waals surface area contributed by atoms with Crippen molar-refractivity contribution >= 4 is 21.6 Å². The van der Waals surface area contributed by atoms with Gasteiger partial charge < -0.3 is 15.0 Å². The second-order valence-electron chi connectivity index (χ2n) is 6.28. The van der Waals surface area contributed by atoms with E-state index in [0.717, 1.165) is 11.3 Å². The maximum absolute atomic E-state index is 12.2. The number of ether oxygens (including phenoxy) is 1. The number of benzene rings is 2. The molecule has 2 aromatic rings. The molecule has 26 heavy (non-hydrogen) atoms. The average Bonchev–Trinajstić information content (AvgIpc) is 2.55. The molecule has 0 unspecified atom stereocenters. The predicted octanol–water partition coefficient (Wildman–Crippen LogP) is 3.08. The first-order valence-electron chi connectivity index (χ1n) is 8.21. The van der Waals surface area contributed by atoms with Crippen LogP contribution in [-0.2, 0) is 15.6 Å². The van der Waals surface area contributed by atoms with Crippen LogP contribution in [0.4, 0.5) is 10.5 Å². The molecule has 0 aliphatic heterocycles. The highest BCUT2D eigenvalue weighted by Crippen LogP contribution is 2.14. The summed E-state index contributed by atoms with van der Waals surface area (Å²) in [7, 11) is -1.44. The summed E-state index contributed by atoms with van der Waals surface area (Å²) in [5.74, 6) is 0.703. The van der Waals surface area contributed by atoms with E-state index in [1.54, 1.807) is 31.3 Å². The van der Waals surface area contributed by atoms with Crippen LogP contribution in [0.1, 0.15) is 11.1 Å². The van der Waals surface area contributed by atoms with Crippen molar-refractivity contribution in [2.45, 2.75) is 12.7 Å². The van der Waals surface area contributed by atoms with Crippen LogP contribution in [0.2, 0.25) is 0 Å². The van der Waals surface area contributed by atoms with Crippen molar-refractivity contribution in [2.75, 3.05) is 31.8 Å². The highest BCUT2D eigenvalue weighted by atomic mass is 32.2. The Balaban J connectivity index is 1.84. The number of likely N-dealkylation sites (N-methyl/N-ethyl adjacent to an activating group) is 1. The molecule has 0 radical (unpaired) electrons. The number of rotatable bonds is 7. The smallest absolute Gasteiger partial charge is 0.321 e. The SMILES string of the molecule is Cc1ccc(OCCN(C)C(=O)Nc2cccc(CS(C)(=O)=O)c2)cc1. The molecule has 0 bridgehead atoms. The van der Waals surface area contributed by atoms with Gasteiger partial charge in [-0.3, -0.25) is 0 Å². The summed E-state index contributed by atoms with van der Waals surface area (Å²) in [6, 6.07) is 14.3. The van der Waals surface area contributed by atoms with Crippen molar-refractivity contribution < 1.29 is 17.9 Å². The van der Waals surface area contributed by atoms with Gasteiger partial charge in [-0.1, -0.05) is 29.8 Å². The monoisotopic (exact) mass is 376 g/mol. The number of carbonyl (C=O) groups is 1. The average molecular weight is 376 g/mol. The van der Waals surface area contributed by atoms with E-state index in [0.29, 0.717) is 24.4 Å². The molecule has 0 fully saturated rings. The summed E-state index contributed by atoms with van der Waals surface area (Å²) in [6.07, 6.45) is 1.18. The molecule has 0 heterocycles. The molecule has 2 aromatic carbocycles. The summed E-state index contributed by atoms with van der Waals surface area (Å²) >= 11 is 0. The Morgan fingerprint density at radius 3 is 2.50 bits per heavy atom. The van der Waals surface area contributed by atoms with Crippen LogP contribution in [-0.4, -0.2) is 45.8 Å². The number of amides is 2. The lowest BCUT2D eigenvalue weighted by molar-refractivity contribution is 0.207. The lowest BCUT2D eigenvalue weighted by Crippen LogP contribution is -2.34. The Labute approximate surface area is 154 Å². The zero-order valence-electron chi connectivity index (χ0n) is 15.2. The Bertz CT molecular complexity index is 848. The lowest BCUT2D eigenvalue weighted by atomic mass is 10.2. The van der Waals surface area contributed by atoms with Crippen molar-refractivity contribution in [2.24, 2.45) is 0 Å². The molecule has 0 saturated heterocycles. The fourth-order valence-electron chi connectivity index (χ4n) is 2.30. The summed E-state index contributed by atoms with van der Waals surface area (Å²) in [5, 5.41) is 2.76. The zero-order chi connectivity index (χ0) is 19.2. The number of urea groups is 1. The molecule has 0 aliphatic rings. The predicted molar refractivity (Wildman–Crippen MR) is 103 cm³/mol. The highest BCUT2D eigenvalue weighted by Gasteiger charge is 2.10. The van der Waals surface area contributed by atoms with Crippen LogP contribution >= 0.6 is 0 Å². The third-order valence-corrected chi connectivity index (χ3v) is 4.53. The lowest BCUT2D eigenvalue weighted by Gasteiger charge is -2.18. The topological polar surface area (TPSA) is 75.7 Å². The van der Waals surface area contributed by atoms with Crippen LogP contribution in [0.25, 0.3) is 0 Å². The van der Waals surface area contributed by atoms with E-state index in [1.165, 1.54) is 11.2 Å². The van der Waals surface area contributed by atoms with Gasteiger partial charge in [0.25, 0.3) is 0 Å². The molecule has 0 atom stereocenters. The van der Waals surface area contributed by atoms with Crippen LogP contribution in [0.15, 0.2) is 48.5 Å². The molecule has 0 aromatic heterocycles. The summed E-state index contributed by atoms with van der Waals surface area (Å²) in [5.41, 5.74) is 2.35. The molecule has 0 spiro atoms. The number of sulfone groups is 1. The molecular formula is C19H24N2O4S. The van der Waals surface area contributed by atoms with Gasteiger partial charge in [0.2, 0.25) is 0 Å². The minimum Gasteiger partial charge on any atom is -0.492 e. The quantitative estimate of drug-likeness (QED) is 0.806. The van der Waals surface area contributed by atoms with E-state index >= 15 is 0 Å². The molecule has 7 heteroatoms. The van der Waals surface area contributed by atoms with Gasteiger partial charge in [0.05, 0.1) is 12.3 Å². The maximum atomic E-state index is 12.2. The van der Waals surface area contributed by atoms with E-state index < -0.39 is 9.84 Å². The standard InChI is InChI=1S/C19H24N2O4S/c1-15-7-9-18(10-8-15)25-12-11-21(2)19(22)20-17-6-4-5-16(13-17)14-26(3,23)24/h4-10,13H,11-12,14H2,1-3H3,(H,20,22). The van der Waals surface area contributed by atoms with Gasteiger partial charge in [0.15, 0.2) is 9.84 Å². The fraction of sp³-hybridized carbons (Fsp3) is 0.316. The highest BCUT2D eigenvalue weighted by molar-refractivity contribution is 7.89. The van der Waals surface area contributed by atoms with Gasteiger partial charge in [0, 0.05) is 19.0 Å². The number of anilines is 1. The Hall–Kier alpha value is -2.54. The molecule has 0 saturated carbocycles. The molecule has 140 valence electrons. The number of nitrogens with zero attached hydrogens (tertiary/aromatic N) is 1. The van der Waals surface area contributed by atoms with E-state index in [-0.39, 0.29) is 11.8 Å². The number of hydrogen-bond acceptors (Lipinski definition) is 4. The van der Waals surface area contributed by atoms with Gasteiger partial charge in [-0.05, 0) is 36.8 Å². The molecule has 2 rings (SSSR count). The minimum atomic E-state index is -3.12. The van der Waals surface area contributed by atoms with Crippen LogP contribution < -0.4 is 10.1 Å². The number of nitrogens with one attached hydrogen (secondary N) is 1. The first-order valence-corrected chi connectivity index (χ1v) is 10.3. The van der Waals surface area contributed by atoms with Crippen LogP contribution in [0.5, 0.6) is 5.75 Å². The molecule has 0 aliphatic carbocycles. The normalized spacial score (nSPS) is 11.0. The Morgan fingerprint density at radius 2 is 1.85 bits per heavy atom. The van der Waals surface area contributed by atoms with Gasteiger partial charge >= 0.3 is 6.03 Å². The fourth-order valence-corrected chi connectivity index (χ4v) is 3.08. The molecule has 6 nitrogen and oxygen atoms in total. The van der Waals surface area contributed by atoms with Crippen molar-refractivity contribution in [3.8, 4) is 5.75 Å². The summed E-state index contributed by atoms with van der Waals surface area (Å²) < 4.78 is 28.4. The second kappa shape index (κ2) is 8.71. The van der Waals surface area contributed by atoms with E-state index in [9.17, 15) is 13.2 Å². The van der Waals surface area contributed by atoms with E-state index in [1.807, 2.05) is 31.2 Å². The molecule has 1 N–H and O–H groups in total. The van der Waals surface area contributed by atoms with Crippen molar-refractivity contribution in [3.05, 3.63) is 59.7 Å². The summed E-state index contributed by atoms with van der Waals surface area (Å²) in [6.45, 7) is 2.80. The minimum absolute atomic E-state index is 0.0586. The van der Waals surface area contributed by atoms with Crippen LogP contribution in [0.3, 0.4) is 0 Å². The molecule has 2 amide bonds. The van der Waals surface area contributed by atoms with E-state index in [2.05, 4.69) is 5.32 Å². The van der Waals surface area contributed by atoms with E-state index in [4.69, 9.17) is 4.74 Å². The van der Waals surface area contributed by atoms with Gasteiger partial charge in [-0.2, -0.15) is 0 Å². The van der Waals surface area contributed by atoms with Crippen LogP contribution in [0, 0.1) is 6.92 Å². The third-order valence-electron chi connectivity index (χ3n) is 3.67. The number of carbonyl (C=O) groups excluding carboxylic acids is 1. The second-order valence-corrected chi connectivity index (χ2v) is 8.42. The van der Waals surface area contributed by atoms with Crippen molar-refractivity contribution in [1.29, 1.82) is 0 Å². The zero-order valence-corrected chi connectivity index (χ0v) is 16.0. The van der Waals surface area contributed by atoms with Crippen molar-refractivity contribution in [1.82, 2.24) is 4.90 Å². The first kappa shape index (κ1) is 19.8.